The maximum atomic E-state index is 5.86. The molecule has 1 N–H and O–H groups in total. The summed E-state index contributed by atoms with van der Waals surface area (Å²) in [6.07, 6.45) is 1.03. The number of ether oxygens (including phenoxy) is 1. The Bertz CT molecular complexity index is 576. The highest BCUT2D eigenvalue weighted by Gasteiger charge is 2.24. The van der Waals surface area contributed by atoms with Crippen LogP contribution in [0, 0.1) is 6.92 Å². The van der Waals surface area contributed by atoms with Crippen LogP contribution in [0.1, 0.15) is 35.2 Å². The summed E-state index contributed by atoms with van der Waals surface area (Å²) >= 11 is 1.77. The highest BCUT2D eigenvalue weighted by molar-refractivity contribution is 7.08. The molecule has 0 spiro atoms. The van der Waals surface area contributed by atoms with Crippen LogP contribution in [0.15, 0.2) is 29.0 Å². The fourth-order valence-corrected chi connectivity index (χ4v) is 3.60. The standard InChI is InChI=1S/C16H19NOS/c1-3-17-15(14-10-19-9-11(14)2)13-6-4-5-12-7-8-18-16(12)13/h4-6,9-10,15,17H,3,7-8H2,1-2H3. The Balaban J connectivity index is 2.06. The van der Waals surface area contributed by atoms with Crippen LogP contribution in [0.5, 0.6) is 5.75 Å². The Morgan fingerprint density at radius 3 is 2.95 bits per heavy atom. The molecule has 2 heterocycles. The van der Waals surface area contributed by atoms with Gasteiger partial charge in [-0.2, -0.15) is 11.3 Å². The maximum Gasteiger partial charge on any atom is 0.127 e. The van der Waals surface area contributed by atoms with Gasteiger partial charge >= 0.3 is 0 Å². The molecule has 0 bridgehead atoms. The number of para-hydroxylation sites is 1. The maximum absolute atomic E-state index is 5.86. The number of nitrogens with one attached hydrogen (secondary N) is 1. The van der Waals surface area contributed by atoms with Crippen LogP contribution in [0.3, 0.4) is 0 Å². The van der Waals surface area contributed by atoms with Crippen molar-refractivity contribution < 1.29 is 4.74 Å². The Labute approximate surface area is 118 Å². The molecule has 0 fully saturated rings. The van der Waals surface area contributed by atoms with E-state index in [0.29, 0.717) is 0 Å². The molecule has 1 unspecified atom stereocenters. The van der Waals surface area contributed by atoms with Gasteiger partial charge in [0.05, 0.1) is 12.6 Å². The summed E-state index contributed by atoms with van der Waals surface area (Å²) < 4.78 is 5.86. The van der Waals surface area contributed by atoms with Crippen LogP contribution in [0.25, 0.3) is 0 Å². The van der Waals surface area contributed by atoms with Gasteiger partial charge in [0.15, 0.2) is 0 Å². The summed E-state index contributed by atoms with van der Waals surface area (Å²) in [7, 11) is 0. The van der Waals surface area contributed by atoms with Crippen molar-refractivity contribution in [2.24, 2.45) is 0 Å². The molecule has 1 aliphatic heterocycles. The topological polar surface area (TPSA) is 21.3 Å². The molecule has 3 rings (SSSR count). The lowest BCUT2D eigenvalue weighted by Gasteiger charge is -2.21. The molecule has 3 heteroatoms. The number of thiophene rings is 1. The first-order valence-electron chi connectivity index (χ1n) is 6.82. The van der Waals surface area contributed by atoms with Gasteiger partial charge in [0, 0.05) is 12.0 Å². The lowest BCUT2D eigenvalue weighted by atomic mass is 9.95. The Morgan fingerprint density at radius 1 is 1.32 bits per heavy atom. The molecule has 1 aliphatic rings. The predicted octanol–water partition coefficient (Wildman–Crippen LogP) is 3.69. The molecule has 100 valence electrons. The fraction of sp³-hybridized carbons (Fsp3) is 0.375. The van der Waals surface area contributed by atoms with E-state index in [1.807, 2.05) is 0 Å². The molecule has 0 aliphatic carbocycles. The normalized spacial score (nSPS) is 15.1. The highest BCUT2D eigenvalue weighted by Crippen LogP contribution is 2.37. The third-order valence-electron chi connectivity index (χ3n) is 3.67. The summed E-state index contributed by atoms with van der Waals surface area (Å²) in [6, 6.07) is 6.75. The minimum absolute atomic E-state index is 0.240. The van der Waals surface area contributed by atoms with Crippen molar-refractivity contribution in [2.45, 2.75) is 26.3 Å². The van der Waals surface area contributed by atoms with Gasteiger partial charge in [-0.1, -0.05) is 25.1 Å². The zero-order valence-corrected chi connectivity index (χ0v) is 12.2. The summed E-state index contributed by atoms with van der Waals surface area (Å²) in [5.74, 6) is 1.10. The lowest BCUT2D eigenvalue weighted by Crippen LogP contribution is -2.22. The van der Waals surface area contributed by atoms with Crippen LogP contribution in [0.2, 0.25) is 0 Å². The van der Waals surface area contributed by atoms with Crippen LogP contribution in [-0.2, 0) is 6.42 Å². The third kappa shape index (κ3) is 2.28. The Morgan fingerprint density at radius 2 is 2.21 bits per heavy atom. The van der Waals surface area contributed by atoms with E-state index < -0.39 is 0 Å². The van der Waals surface area contributed by atoms with Crippen LogP contribution in [0.4, 0.5) is 0 Å². The molecule has 1 atom stereocenters. The van der Waals surface area contributed by atoms with Crippen molar-refractivity contribution in [2.75, 3.05) is 13.2 Å². The number of hydrogen-bond donors (Lipinski definition) is 1. The van der Waals surface area contributed by atoms with Crippen LogP contribution >= 0.6 is 11.3 Å². The molecule has 1 aromatic carbocycles. The first kappa shape index (κ1) is 12.7. The molecule has 0 saturated carbocycles. The summed E-state index contributed by atoms with van der Waals surface area (Å²) in [4.78, 5) is 0. The van der Waals surface area contributed by atoms with Crippen molar-refractivity contribution in [3.8, 4) is 5.75 Å². The van der Waals surface area contributed by atoms with E-state index in [4.69, 9.17) is 4.74 Å². The van der Waals surface area contributed by atoms with Gasteiger partial charge < -0.3 is 10.1 Å². The minimum Gasteiger partial charge on any atom is -0.493 e. The highest BCUT2D eigenvalue weighted by atomic mass is 32.1. The van der Waals surface area contributed by atoms with Crippen molar-refractivity contribution >= 4 is 11.3 Å². The summed E-state index contributed by atoms with van der Waals surface area (Å²) in [5, 5.41) is 8.06. The SMILES string of the molecule is CCNC(c1cscc1C)c1cccc2c1OCC2. The summed E-state index contributed by atoms with van der Waals surface area (Å²) in [6.45, 7) is 6.09. The Hall–Kier alpha value is -1.32. The van der Waals surface area contributed by atoms with Crippen molar-refractivity contribution in [3.63, 3.8) is 0 Å². The fourth-order valence-electron chi connectivity index (χ4n) is 2.73. The molecule has 2 nitrogen and oxygen atoms in total. The number of hydrogen-bond acceptors (Lipinski definition) is 3. The van der Waals surface area contributed by atoms with Gasteiger partial charge in [0.1, 0.15) is 5.75 Å². The van der Waals surface area contributed by atoms with Gasteiger partial charge in [0.2, 0.25) is 0 Å². The van der Waals surface area contributed by atoms with E-state index in [0.717, 1.165) is 25.3 Å². The number of rotatable bonds is 4. The molecule has 1 aromatic heterocycles. The first-order chi connectivity index (χ1) is 9.31. The molecule has 19 heavy (non-hydrogen) atoms. The monoisotopic (exact) mass is 273 g/mol. The molecular weight excluding hydrogens is 254 g/mol. The zero-order valence-electron chi connectivity index (χ0n) is 11.4. The lowest BCUT2D eigenvalue weighted by molar-refractivity contribution is 0.350. The number of benzene rings is 1. The van der Waals surface area contributed by atoms with Crippen molar-refractivity contribution in [3.05, 3.63) is 51.2 Å². The number of fused-ring (bicyclic) bond motifs is 1. The average Bonchev–Trinajstić information content (AvgIpc) is 3.04. The van der Waals surface area contributed by atoms with Crippen LogP contribution in [-0.4, -0.2) is 13.2 Å². The van der Waals surface area contributed by atoms with E-state index in [9.17, 15) is 0 Å². The average molecular weight is 273 g/mol. The first-order valence-corrected chi connectivity index (χ1v) is 7.76. The van der Waals surface area contributed by atoms with Gasteiger partial charge in [0.25, 0.3) is 0 Å². The smallest absolute Gasteiger partial charge is 0.127 e. The second kappa shape index (κ2) is 5.35. The van der Waals surface area contributed by atoms with E-state index in [-0.39, 0.29) is 6.04 Å². The number of aryl methyl sites for hydroxylation is 1. The van der Waals surface area contributed by atoms with Crippen LogP contribution < -0.4 is 10.1 Å². The largest absolute Gasteiger partial charge is 0.493 e. The predicted molar refractivity (Wildman–Crippen MR) is 80.2 cm³/mol. The molecule has 0 amide bonds. The van der Waals surface area contributed by atoms with Gasteiger partial charge in [-0.15, -0.1) is 0 Å². The molecule has 2 aromatic rings. The minimum atomic E-state index is 0.240. The third-order valence-corrected chi connectivity index (χ3v) is 4.55. The molecular formula is C16H19NOS. The zero-order chi connectivity index (χ0) is 13.2. The van der Waals surface area contributed by atoms with E-state index in [2.05, 4.69) is 48.1 Å². The van der Waals surface area contributed by atoms with Gasteiger partial charge in [-0.05, 0) is 40.9 Å². The Kier molecular flexibility index (Phi) is 3.58. The second-order valence-corrected chi connectivity index (χ2v) is 5.68. The van der Waals surface area contributed by atoms with Gasteiger partial charge in [-0.3, -0.25) is 0 Å². The summed E-state index contributed by atoms with van der Waals surface area (Å²) in [5.41, 5.74) is 5.34. The second-order valence-electron chi connectivity index (χ2n) is 4.93. The van der Waals surface area contributed by atoms with Gasteiger partial charge in [-0.25, -0.2) is 0 Å². The van der Waals surface area contributed by atoms with E-state index in [1.54, 1.807) is 11.3 Å². The van der Waals surface area contributed by atoms with Crippen molar-refractivity contribution in [1.29, 1.82) is 0 Å². The quantitative estimate of drug-likeness (QED) is 0.917. The molecule has 0 radical (unpaired) electrons. The van der Waals surface area contributed by atoms with E-state index in [1.165, 1.54) is 22.3 Å². The van der Waals surface area contributed by atoms with E-state index >= 15 is 0 Å². The molecule has 0 saturated heterocycles. The van der Waals surface area contributed by atoms with Crippen molar-refractivity contribution in [1.82, 2.24) is 5.32 Å².